The fourth-order valence-electron chi connectivity index (χ4n) is 1.63. The van der Waals surface area contributed by atoms with Gasteiger partial charge in [-0.1, -0.05) is 0 Å². The molecular weight excluding hydrogens is 246 g/mol. The molecule has 98 valence electrons. The van der Waals surface area contributed by atoms with Gasteiger partial charge in [0, 0.05) is 17.3 Å². The van der Waals surface area contributed by atoms with Crippen molar-refractivity contribution in [3.63, 3.8) is 0 Å². The maximum absolute atomic E-state index is 11.9. The van der Waals surface area contributed by atoms with Crippen molar-refractivity contribution in [3.05, 3.63) is 53.3 Å². The van der Waals surface area contributed by atoms with Crippen molar-refractivity contribution >= 4 is 11.9 Å². The quantitative estimate of drug-likeness (QED) is 0.777. The van der Waals surface area contributed by atoms with Gasteiger partial charge in [0.05, 0.1) is 17.8 Å². The molecule has 0 spiro atoms. The number of H-pyrrole nitrogens is 1. The molecule has 0 aliphatic carbocycles. The van der Waals surface area contributed by atoms with Crippen molar-refractivity contribution in [2.24, 2.45) is 0 Å². The van der Waals surface area contributed by atoms with Gasteiger partial charge in [-0.2, -0.15) is 5.10 Å². The number of amides is 1. The number of aromatic nitrogens is 2. The first-order valence-electron chi connectivity index (χ1n) is 5.71. The second-order valence-corrected chi connectivity index (χ2v) is 4.11. The second kappa shape index (κ2) is 5.34. The van der Waals surface area contributed by atoms with E-state index in [1.165, 1.54) is 24.3 Å². The average Bonchev–Trinajstić information content (AvgIpc) is 2.92. The van der Waals surface area contributed by atoms with Gasteiger partial charge in [0.1, 0.15) is 0 Å². The molecule has 19 heavy (non-hydrogen) atoms. The highest BCUT2D eigenvalue weighted by Gasteiger charge is 2.12. The van der Waals surface area contributed by atoms with Gasteiger partial charge in [-0.15, -0.1) is 0 Å². The van der Waals surface area contributed by atoms with E-state index in [1.54, 1.807) is 12.4 Å². The Morgan fingerprint density at radius 2 is 1.89 bits per heavy atom. The van der Waals surface area contributed by atoms with Gasteiger partial charge in [-0.25, -0.2) is 4.79 Å². The molecule has 2 aromatic rings. The van der Waals surface area contributed by atoms with Crippen LogP contribution in [0.2, 0.25) is 0 Å². The second-order valence-electron chi connectivity index (χ2n) is 4.11. The summed E-state index contributed by atoms with van der Waals surface area (Å²) in [6, 6.07) is 5.60. The number of nitrogens with zero attached hydrogens (tertiary/aromatic N) is 1. The molecule has 1 atom stereocenters. The molecule has 0 aliphatic rings. The Kier molecular flexibility index (Phi) is 3.61. The number of carbonyl (C=O) groups excluding carboxylic acids is 1. The van der Waals surface area contributed by atoms with Crippen molar-refractivity contribution in [3.8, 4) is 0 Å². The van der Waals surface area contributed by atoms with Crippen LogP contribution in [0.5, 0.6) is 0 Å². The maximum Gasteiger partial charge on any atom is 0.335 e. The van der Waals surface area contributed by atoms with Crippen LogP contribution < -0.4 is 5.32 Å². The van der Waals surface area contributed by atoms with E-state index >= 15 is 0 Å². The standard InChI is InChI=1S/C13H13N3O3/c1-8(11-6-14-15-7-11)16-12(17)9-2-4-10(5-3-9)13(18)19/h2-8H,1H3,(H,14,15)(H,16,17)(H,18,19). The Morgan fingerprint density at radius 1 is 1.26 bits per heavy atom. The predicted molar refractivity (Wildman–Crippen MR) is 67.9 cm³/mol. The molecule has 6 nitrogen and oxygen atoms in total. The van der Waals surface area contributed by atoms with Gasteiger partial charge in [0.25, 0.3) is 5.91 Å². The first kappa shape index (κ1) is 12.8. The molecule has 0 radical (unpaired) electrons. The summed E-state index contributed by atoms with van der Waals surface area (Å²) < 4.78 is 0. The molecular formula is C13H13N3O3. The van der Waals surface area contributed by atoms with Crippen LogP contribution in [0.4, 0.5) is 0 Å². The van der Waals surface area contributed by atoms with E-state index < -0.39 is 5.97 Å². The van der Waals surface area contributed by atoms with Crippen molar-refractivity contribution in [1.82, 2.24) is 15.5 Å². The van der Waals surface area contributed by atoms with Gasteiger partial charge in [0.2, 0.25) is 0 Å². The lowest BCUT2D eigenvalue weighted by Gasteiger charge is -2.12. The summed E-state index contributed by atoms with van der Waals surface area (Å²) in [6.07, 6.45) is 3.34. The van der Waals surface area contributed by atoms with Gasteiger partial charge >= 0.3 is 5.97 Å². The van der Waals surface area contributed by atoms with Crippen molar-refractivity contribution in [2.75, 3.05) is 0 Å². The predicted octanol–water partition coefficient (Wildman–Crippen LogP) is 1.60. The Balaban J connectivity index is 2.05. The van der Waals surface area contributed by atoms with Gasteiger partial charge in [-0.05, 0) is 31.2 Å². The van der Waals surface area contributed by atoms with E-state index in [9.17, 15) is 9.59 Å². The minimum atomic E-state index is -1.02. The van der Waals surface area contributed by atoms with Crippen LogP contribution in [0.1, 0.15) is 39.2 Å². The fraction of sp³-hybridized carbons (Fsp3) is 0.154. The van der Waals surface area contributed by atoms with Crippen molar-refractivity contribution in [1.29, 1.82) is 0 Å². The van der Waals surface area contributed by atoms with Crippen LogP contribution in [-0.2, 0) is 0 Å². The molecule has 1 unspecified atom stereocenters. The van der Waals surface area contributed by atoms with Crippen LogP contribution in [0.3, 0.4) is 0 Å². The Morgan fingerprint density at radius 3 is 2.42 bits per heavy atom. The van der Waals surface area contributed by atoms with E-state index in [-0.39, 0.29) is 17.5 Å². The molecule has 0 saturated carbocycles. The number of carboxylic acid groups (broad SMARTS) is 1. The number of aromatic amines is 1. The van der Waals surface area contributed by atoms with Gasteiger partial charge in [0.15, 0.2) is 0 Å². The molecule has 1 heterocycles. The lowest BCUT2D eigenvalue weighted by Crippen LogP contribution is -2.26. The number of carboxylic acids is 1. The molecule has 0 saturated heterocycles. The highest BCUT2D eigenvalue weighted by molar-refractivity contribution is 5.96. The molecule has 3 N–H and O–H groups in total. The van der Waals surface area contributed by atoms with Crippen LogP contribution in [0.15, 0.2) is 36.7 Å². The topological polar surface area (TPSA) is 95.1 Å². The number of rotatable bonds is 4. The van der Waals surface area contributed by atoms with Crippen LogP contribution in [-0.4, -0.2) is 27.2 Å². The largest absolute Gasteiger partial charge is 0.478 e. The minimum Gasteiger partial charge on any atom is -0.478 e. The van der Waals surface area contributed by atoms with Crippen LogP contribution in [0, 0.1) is 0 Å². The third-order valence-electron chi connectivity index (χ3n) is 2.76. The number of hydrogen-bond acceptors (Lipinski definition) is 3. The Labute approximate surface area is 109 Å². The van der Waals surface area contributed by atoms with E-state index in [1.807, 2.05) is 6.92 Å². The van der Waals surface area contributed by atoms with Gasteiger partial charge in [-0.3, -0.25) is 9.89 Å². The Bertz CT molecular complexity index is 576. The number of benzene rings is 1. The van der Waals surface area contributed by atoms with Crippen molar-refractivity contribution < 1.29 is 14.7 Å². The average molecular weight is 259 g/mol. The van der Waals surface area contributed by atoms with E-state index in [0.717, 1.165) is 5.56 Å². The zero-order valence-corrected chi connectivity index (χ0v) is 10.3. The summed E-state index contributed by atoms with van der Waals surface area (Å²) >= 11 is 0. The molecule has 1 aromatic carbocycles. The summed E-state index contributed by atoms with van der Waals surface area (Å²) in [4.78, 5) is 22.6. The summed E-state index contributed by atoms with van der Waals surface area (Å²) in [6.45, 7) is 1.84. The van der Waals surface area contributed by atoms with E-state index in [0.29, 0.717) is 5.56 Å². The number of carbonyl (C=O) groups is 2. The summed E-state index contributed by atoms with van der Waals surface area (Å²) in [7, 11) is 0. The molecule has 1 amide bonds. The fourth-order valence-corrected chi connectivity index (χ4v) is 1.63. The summed E-state index contributed by atoms with van der Waals surface area (Å²) in [5, 5.41) is 18.1. The lowest BCUT2D eigenvalue weighted by molar-refractivity contribution is 0.0696. The zero-order chi connectivity index (χ0) is 13.8. The molecule has 0 bridgehead atoms. The zero-order valence-electron chi connectivity index (χ0n) is 10.3. The van der Waals surface area contributed by atoms with Crippen molar-refractivity contribution in [2.45, 2.75) is 13.0 Å². The highest BCUT2D eigenvalue weighted by Crippen LogP contribution is 2.11. The normalized spacial score (nSPS) is 11.8. The molecule has 0 fully saturated rings. The third kappa shape index (κ3) is 2.98. The number of hydrogen-bond donors (Lipinski definition) is 3. The Hall–Kier alpha value is -2.63. The van der Waals surface area contributed by atoms with Crippen LogP contribution in [0.25, 0.3) is 0 Å². The highest BCUT2D eigenvalue weighted by atomic mass is 16.4. The first-order valence-corrected chi connectivity index (χ1v) is 5.71. The smallest absolute Gasteiger partial charge is 0.335 e. The number of aromatic carboxylic acids is 1. The lowest BCUT2D eigenvalue weighted by atomic mass is 10.1. The summed E-state index contributed by atoms with van der Waals surface area (Å²) in [5.41, 5.74) is 1.44. The molecule has 2 rings (SSSR count). The van der Waals surface area contributed by atoms with Crippen LogP contribution >= 0.6 is 0 Å². The van der Waals surface area contributed by atoms with E-state index in [4.69, 9.17) is 5.11 Å². The molecule has 6 heteroatoms. The third-order valence-corrected chi connectivity index (χ3v) is 2.76. The van der Waals surface area contributed by atoms with E-state index in [2.05, 4.69) is 15.5 Å². The SMILES string of the molecule is CC(NC(=O)c1ccc(C(=O)O)cc1)c1cn[nH]c1. The summed E-state index contributed by atoms with van der Waals surface area (Å²) in [5.74, 6) is -1.27. The first-order chi connectivity index (χ1) is 9.08. The maximum atomic E-state index is 11.9. The van der Waals surface area contributed by atoms with Gasteiger partial charge < -0.3 is 10.4 Å². The monoisotopic (exact) mass is 259 g/mol. The minimum absolute atomic E-state index is 0.152. The molecule has 1 aromatic heterocycles. The molecule has 0 aliphatic heterocycles. The number of nitrogens with one attached hydrogen (secondary N) is 2.